The molecule has 1 unspecified atom stereocenters. The highest BCUT2D eigenvalue weighted by Gasteiger charge is 2.08. The van der Waals surface area contributed by atoms with Crippen LogP contribution in [0.5, 0.6) is 0 Å². The third-order valence-corrected chi connectivity index (χ3v) is 4.46. The van der Waals surface area contributed by atoms with Gasteiger partial charge in [0.15, 0.2) is 0 Å². The third kappa shape index (κ3) is 6.98. The number of rotatable bonds is 7. The van der Waals surface area contributed by atoms with Crippen LogP contribution < -0.4 is 0 Å². The van der Waals surface area contributed by atoms with Gasteiger partial charge in [0.05, 0.1) is 6.10 Å². The van der Waals surface area contributed by atoms with Crippen molar-refractivity contribution in [2.75, 3.05) is 17.8 Å². The highest BCUT2D eigenvalue weighted by Crippen LogP contribution is 2.20. The van der Waals surface area contributed by atoms with E-state index < -0.39 is 15.9 Å². The SMILES string of the molecule is CS(=O)(=O)CCCC(O)CSc1cccc(F)c1. The summed E-state index contributed by atoms with van der Waals surface area (Å²) in [5, 5.41) is 9.67. The molecule has 0 aromatic heterocycles. The zero-order valence-electron chi connectivity index (χ0n) is 10.2. The molecule has 0 spiro atoms. The number of benzene rings is 1. The number of sulfone groups is 1. The van der Waals surface area contributed by atoms with Crippen LogP contribution in [-0.4, -0.2) is 37.4 Å². The summed E-state index contributed by atoms with van der Waals surface area (Å²) in [4.78, 5) is 0.761. The first-order chi connectivity index (χ1) is 8.37. The van der Waals surface area contributed by atoms with E-state index in [1.54, 1.807) is 12.1 Å². The highest BCUT2D eigenvalue weighted by molar-refractivity contribution is 7.99. The van der Waals surface area contributed by atoms with Crippen molar-refractivity contribution in [2.24, 2.45) is 0 Å². The van der Waals surface area contributed by atoms with Gasteiger partial charge in [0.2, 0.25) is 0 Å². The van der Waals surface area contributed by atoms with Crippen LogP contribution in [0.25, 0.3) is 0 Å². The minimum atomic E-state index is -2.96. The molecule has 18 heavy (non-hydrogen) atoms. The maximum atomic E-state index is 12.9. The van der Waals surface area contributed by atoms with Gasteiger partial charge in [0.25, 0.3) is 0 Å². The van der Waals surface area contributed by atoms with Gasteiger partial charge in [0, 0.05) is 22.7 Å². The number of aliphatic hydroxyl groups excluding tert-OH is 1. The lowest BCUT2D eigenvalue weighted by molar-refractivity contribution is 0.188. The maximum absolute atomic E-state index is 12.9. The molecule has 1 aromatic carbocycles. The maximum Gasteiger partial charge on any atom is 0.147 e. The number of halogens is 1. The molecule has 0 heterocycles. The van der Waals surface area contributed by atoms with Crippen LogP contribution in [0, 0.1) is 5.82 Å². The molecule has 1 atom stereocenters. The largest absolute Gasteiger partial charge is 0.392 e. The van der Waals surface area contributed by atoms with Crippen LogP contribution in [0.2, 0.25) is 0 Å². The van der Waals surface area contributed by atoms with Crippen LogP contribution in [0.4, 0.5) is 4.39 Å². The summed E-state index contributed by atoms with van der Waals surface area (Å²) in [6.45, 7) is 0. The Hall–Kier alpha value is -0.590. The molecule has 1 rings (SSSR count). The Kier molecular flexibility index (Phi) is 6.11. The van der Waals surface area contributed by atoms with E-state index in [9.17, 15) is 17.9 Å². The van der Waals surface area contributed by atoms with Crippen molar-refractivity contribution < 1.29 is 17.9 Å². The Bertz CT molecular complexity index is 474. The highest BCUT2D eigenvalue weighted by atomic mass is 32.2. The van der Waals surface area contributed by atoms with Crippen molar-refractivity contribution in [3.63, 3.8) is 0 Å². The lowest BCUT2D eigenvalue weighted by Crippen LogP contribution is -2.12. The van der Waals surface area contributed by atoms with Crippen molar-refractivity contribution >= 4 is 21.6 Å². The topological polar surface area (TPSA) is 54.4 Å². The Morgan fingerprint density at radius 3 is 2.78 bits per heavy atom. The monoisotopic (exact) mass is 292 g/mol. The molecule has 0 aliphatic carbocycles. The zero-order chi connectivity index (χ0) is 13.6. The summed E-state index contributed by atoms with van der Waals surface area (Å²) in [5.74, 6) is 0.230. The van der Waals surface area contributed by atoms with Crippen molar-refractivity contribution in [3.05, 3.63) is 30.1 Å². The number of thioether (sulfide) groups is 1. The molecule has 1 N–H and O–H groups in total. The first-order valence-electron chi connectivity index (χ1n) is 5.61. The standard InChI is InChI=1S/C12H17FO3S2/c1-18(15,16)7-3-5-11(14)9-17-12-6-2-4-10(13)8-12/h2,4,6,8,11,14H,3,5,7,9H2,1H3. The van der Waals surface area contributed by atoms with Gasteiger partial charge in [-0.1, -0.05) is 6.07 Å². The van der Waals surface area contributed by atoms with E-state index in [0.29, 0.717) is 18.6 Å². The predicted molar refractivity (Wildman–Crippen MR) is 72.1 cm³/mol. The Balaban J connectivity index is 2.27. The smallest absolute Gasteiger partial charge is 0.147 e. The van der Waals surface area contributed by atoms with Gasteiger partial charge in [0.1, 0.15) is 15.7 Å². The van der Waals surface area contributed by atoms with Gasteiger partial charge < -0.3 is 5.11 Å². The Morgan fingerprint density at radius 1 is 1.44 bits per heavy atom. The normalized spacial score (nSPS) is 13.5. The lowest BCUT2D eigenvalue weighted by Gasteiger charge is -2.09. The van der Waals surface area contributed by atoms with E-state index in [4.69, 9.17) is 0 Å². The second-order valence-corrected chi connectivity index (χ2v) is 7.55. The van der Waals surface area contributed by atoms with E-state index >= 15 is 0 Å². The average Bonchev–Trinajstić information content (AvgIpc) is 2.25. The van der Waals surface area contributed by atoms with Gasteiger partial charge in [-0.3, -0.25) is 0 Å². The molecular weight excluding hydrogens is 275 g/mol. The Labute approximate surface area is 111 Å². The van der Waals surface area contributed by atoms with Crippen LogP contribution >= 0.6 is 11.8 Å². The number of hydrogen-bond donors (Lipinski definition) is 1. The molecule has 0 amide bonds. The molecule has 6 heteroatoms. The van der Waals surface area contributed by atoms with Crippen molar-refractivity contribution in [1.29, 1.82) is 0 Å². The lowest BCUT2D eigenvalue weighted by atomic mass is 10.2. The summed E-state index contributed by atoms with van der Waals surface area (Å²) < 4.78 is 34.7. The van der Waals surface area contributed by atoms with Crippen LogP contribution in [0.1, 0.15) is 12.8 Å². The molecule has 0 radical (unpaired) electrons. The van der Waals surface area contributed by atoms with Crippen molar-refractivity contribution in [1.82, 2.24) is 0 Å². The van der Waals surface area contributed by atoms with Crippen LogP contribution in [-0.2, 0) is 9.84 Å². The molecular formula is C12H17FO3S2. The zero-order valence-corrected chi connectivity index (χ0v) is 11.8. The first kappa shape index (κ1) is 15.5. The Morgan fingerprint density at radius 2 is 2.17 bits per heavy atom. The second-order valence-electron chi connectivity index (χ2n) is 4.19. The molecule has 3 nitrogen and oxygen atoms in total. The fourth-order valence-electron chi connectivity index (χ4n) is 1.41. The van der Waals surface area contributed by atoms with Gasteiger partial charge in [-0.05, 0) is 31.0 Å². The summed E-state index contributed by atoms with van der Waals surface area (Å²) in [5.41, 5.74) is 0. The summed E-state index contributed by atoms with van der Waals surface area (Å²) >= 11 is 1.36. The predicted octanol–water partition coefficient (Wildman–Crippen LogP) is 2.10. The summed E-state index contributed by atoms with van der Waals surface area (Å²) in [7, 11) is -2.96. The van der Waals surface area contributed by atoms with E-state index in [1.807, 2.05) is 0 Å². The van der Waals surface area contributed by atoms with E-state index in [1.165, 1.54) is 30.2 Å². The third-order valence-electron chi connectivity index (χ3n) is 2.29. The molecule has 0 aliphatic rings. The molecule has 0 saturated heterocycles. The van der Waals surface area contributed by atoms with Gasteiger partial charge in [-0.2, -0.15) is 0 Å². The van der Waals surface area contributed by atoms with Crippen LogP contribution in [0.3, 0.4) is 0 Å². The number of hydrogen-bond acceptors (Lipinski definition) is 4. The average molecular weight is 292 g/mol. The van der Waals surface area contributed by atoms with Crippen LogP contribution in [0.15, 0.2) is 29.2 Å². The first-order valence-corrected chi connectivity index (χ1v) is 8.65. The fraction of sp³-hybridized carbons (Fsp3) is 0.500. The molecule has 0 fully saturated rings. The summed E-state index contributed by atoms with van der Waals surface area (Å²) in [6, 6.07) is 6.17. The van der Waals surface area contributed by atoms with Gasteiger partial charge in [-0.15, -0.1) is 11.8 Å². The molecule has 102 valence electrons. The van der Waals surface area contributed by atoms with E-state index in [2.05, 4.69) is 0 Å². The molecule has 0 saturated carbocycles. The molecule has 0 aliphatic heterocycles. The minimum Gasteiger partial charge on any atom is -0.392 e. The van der Waals surface area contributed by atoms with Crippen molar-refractivity contribution in [2.45, 2.75) is 23.8 Å². The van der Waals surface area contributed by atoms with Crippen molar-refractivity contribution in [3.8, 4) is 0 Å². The molecule has 1 aromatic rings. The summed E-state index contributed by atoms with van der Waals surface area (Å²) in [6.07, 6.45) is 1.50. The van der Waals surface area contributed by atoms with E-state index in [-0.39, 0.29) is 11.6 Å². The fourth-order valence-corrected chi connectivity index (χ4v) is 3.03. The van der Waals surface area contributed by atoms with Gasteiger partial charge in [-0.25, -0.2) is 12.8 Å². The molecule has 0 bridgehead atoms. The number of aliphatic hydroxyl groups is 1. The quantitative estimate of drug-likeness (QED) is 0.782. The minimum absolute atomic E-state index is 0.0920. The second kappa shape index (κ2) is 7.11. The van der Waals surface area contributed by atoms with Gasteiger partial charge >= 0.3 is 0 Å². The van der Waals surface area contributed by atoms with E-state index in [0.717, 1.165) is 4.90 Å².